The Balaban J connectivity index is 2.19. The second-order valence-electron chi connectivity index (χ2n) is 4.63. The standard InChI is InChI=1S/C13H18O2/c1-9(2)11-7-8-13(4,15-11)12-6-5-10(3)14-12/h5-6,11H,1,7-8H2,2-4H3/t11-,13-/m1/s1. The molecule has 2 atom stereocenters. The zero-order valence-electron chi connectivity index (χ0n) is 9.67. The van der Waals surface area contributed by atoms with Crippen LogP contribution in [0, 0.1) is 6.92 Å². The molecule has 2 rings (SSSR count). The molecule has 0 N–H and O–H groups in total. The third-order valence-corrected chi connectivity index (χ3v) is 3.10. The van der Waals surface area contributed by atoms with E-state index >= 15 is 0 Å². The molecular weight excluding hydrogens is 188 g/mol. The molecule has 2 heterocycles. The van der Waals surface area contributed by atoms with Crippen molar-refractivity contribution in [2.24, 2.45) is 0 Å². The van der Waals surface area contributed by atoms with E-state index in [2.05, 4.69) is 13.5 Å². The first kappa shape index (κ1) is 10.5. The summed E-state index contributed by atoms with van der Waals surface area (Å²) in [7, 11) is 0. The van der Waals surface area contributed by atoms with E-state index in [9.17, 15) is 0 Å². The molecule has 2 nitrogen and oxygen atoms in total. The Kier molecular flexibility index (Phi) is 2.47. The van der Waals surface area contributed by atoms with E-state index in [0.717, 1.165) is 29.9 Å². The fourth-order valence-electron chi connectivity index (χ4n) is 2.09. The minimum atomic E-state index is -0.266. The van der Waals surface area contributed by atoms with Crippen LogP contribution in [0.2, 0.25) is 0 Å². The van der Waals surface area contributed by atoms with Crippen LogP contribution in [0.25, 0.3) is 0 Å². The summed E-state index contributed by atoms with van der Waals surface area (Å²) >= 11 is 0. The molecule has 0 bridgehead atoms. The molecule has 1 aromatic rings. The average Bonchev–Trinajstić information content (AvgIpc) is 2.73. The number of aryl methyl sites for hydroxylation is 1. The zero-order chi connectivity index (χ0) is 11.1. The third-order valence-electron chi connectivity index (χ3n) is 3.10. The number of hydrogen-bond acceptors (Lipinski definition) is 2. The molecule has 2 heteroatoms. The van der Waals surface area contributed by atoms with Crippen molar-refractivity contribution in [2.45, 2.75) is 45.3 Å². The van der Waals surface area contributed by atoms with Gasteiger partial charge in [0.1, 0.15) is 17.1 Å². The SMILES string of the molecule is C=C(C)[C@H]1CC[C@](C)(c2ccc(C)o2)O1. The largest absolute Gasteiger partial charge is 0.463 e. The molecule has 1 fully saturated rings. The zero-order valence-corrected chi connectivity index (χ0v) is 9.67. The van der Waals surface area contributed by atoms with Crippen molar-refractivity contribution in [3.63, 3.8) is 0 Å². The van der Waals surface area contributed by atoms with E-state index in [0.29, 0.717) is 0 Å². The number of rotatable bonds is 2. The number of ether oxygens (including phenoxy) is 1. The van der Waals surface area contributed by atoms with Gasteiger partial charge in [0.05, 0.1) is 6.10 Å². The van der Waals surface area contributed by atoms with Crippen LogP contribution in [-0.4, -0.2) is 6.10 Å². The van der Waals surface area contributed by atoms with Gasteiger partial charge in [-0.15, -0.1) is 0 Å². The Bertz CT molecular complexity index is 378. The summed E-state index contributed by atoms with van der Waals surface area (Å²) in [5.41, 5.74) is 0.833. The maximum atomic E-state index is 6.02. The Labute approximate surface area is 90.9 Å². The fourth-order valence-corrected chi connectivity index (χ4v) is 2.09. The summed E-state index contributed by atoms with van der Waals surface area (Å²) in [6.07, 6.45) is 2.21. The highest BCUT2D eigenvalue weighted by molar-refractivity contribution is 5.16. The van der Waals surface area contributed by atoms with Gasteiger partial charge in [-0.05, 0) is 45.7 Å². The Morgan fingerprint density at radius 1 is 1.53 bits per heavy atom. The Morgan fingerprint density at radius 3 is 2.73 bits per heavy atom. The first-order valence-corrected chi connectivity index (χ1v) is 5.41. The minimum absolute atomic E-state index is 0.181. The van der Waals surface area contributed by atoms with Crippen molar-refractivity contribution < 1.29 is 9.15 Å². The van der Waals surface area contributed by atoms with Crippen molar-refractivity contribution in [2.75, 3.05) is 0 Å². The summed E-state index contributed by atoms with van der Waals surface area (Å²) in [4.78, 5) is 0. The fraction of sp³-hybridized carbons (Fsp3) is 0.538. The molecule has 82 valence electrons. The minimum Gasteiger partial charge on any atom is -0.463 e. The van der Waals surface area contributed by atoms with Gasteiger partial charge in [-0.2, -0.15) is 0 Å². The second-order valence-corrected chi connectivity index (χ2v) is 4.63. The Hall–Kier alpha value is -1.02. The van der Waals surface area contributed by atoms with Crippen LogP contribution in [0.4, 0.5) is 0 Å². The van der Waals surface area contributed by atoms with Gasteiger partial charge < -0.3 is 9.15 Å². The molecule has 0 saturated carbocycles. The van der Waals surface area contributed by atoms with Gasteiger partial charge in [0, 0.05) is 0 Å². The van der Waals surface area contributed by atoms with Crippen molar-refractivity contribution in [1.82, 2.24) is 0 Å². The summed E-state index contributed by atoms with van der Waals surface area (Å²) < 4.78 is 11.7. The highest BCUT2D eigenvalue weighted by Gasteiger charge is 2.40. The molecule has 0 radical (unpaired) electrons. The second kappa shape index (κ2) is 3.53. The van der Waals surface area contributed by atoms with Crippen molar-refractivity contribution in [3.8, 4) is 0 Å². The van der Waals surface area contributed by atoms with Crippen LogP contribution in [0.5, 0.6) is 0 Å². The lowest BCUT2D eigenvalue weighted by Gasteiger charge is -2.22. The lowest BCUT2D eigenvalue weighted by Crippen LogP contribution is -2.21. The molecule has 0 aromatic carbocycles. The van der Waals surface area contributed by atoms with Crippen LogP contribution in [0.3, 0.4) is 0 Å². The molecule has 1 saturated heterocycles. The predicted octanol–water partition coefficient (Wildman–Crippen LogP) is 3.56. The van der Waals surface area contributed by atoms with E-state index < -0.39 is 0 Å². The molecular formula is C13H18O2. The Morgan fingerprint density at radius 2 is 2.27 bits per heavy atom. The molecule has 15 heavy (non-hydrogen) atoms. The van der Waals surface area contributed by atoms with E-state index in [4.69, 9.17) is 9.15 Å². The van der Waals surface area contributed by atoms with Gasteiger partial charge in [-0.3, -0.25) is 0 Å². The maximum absolute atomic E-state index is 6.02. The van der Waals surface area contributed by atoms with Gasteiger partial charge in [0.15, 0.2) is 0 Å². The van der Waals surface area contributed by atoms with Crippen LogP contribution in [0.1, 0.15) is 38.2 Å². The van der Waals surface area contributed by atoms with Crippen LogP contribution >= 0.6 is 0 Å². The van der Waals surface area contributed by atoms with Gasteiger partial charge in [-0.25, -0.2) is 0 Å². The molecule has 1 aromatic heterocycles. The third kappa shape index (κ3) is 1.86. The molecule has 0 unspecified atom stereocenters. The maximum Gasteiger partial charge on any atom is 0.135 e. The van der Waals surface area contributed by atoms with Crippen molar-refractivity contribution in [1.29, 1.82) is 0 Å². The predicted molar refractivity (Wildman–Crippen MR) is 59.7 cm³/mol. The van der Waals surface area contributed by atoms with Gasteiger partial charge >= 0.3 is 0 Å². The van der Waals surface area contributed by atoms with Gasteiger partial charge in [0.25, 0.3) is 0 Å². The van der Waals surface area contributed by atoms with E-state index in [1.807, 2.05) is 26.0 Å². The molecule has 1 aliphatic heterocycles. The van der Waals surface area contributed by atoms with E-state index in [1.165, 1.54) is 0 Å². The highest BCUT2D eigenvalue weighted by Crippen LogP contribution is 2.41. The van der Waals surface area contributed by atoms with Gasteiger partial charge in [-0.1, -0.05) is 12.2 Å². The smallest absolute Gasteiger partial charge is 0.135 e. The first-order valence-electron chi connectivity index (χ1n) is 5.41. The molecule has 0 amide bonds. The lowest BCUT2D eigenvalue weighted by atomic mass is 9.99. The lowest BCUT2D eigenvalue weighted by molar-refractivity contribution is -0.0324. The van der Waals surface area contributed by atoms with Crippen LogP contribution in [-0.2, 0) is 10.3 Å². The summed E-state index contributed by atoms with van der Waals surface area (Å²) in [5.74, 6) is 1.87. The van der Waals surface area contributed by atoms with Crippen LogP contribution in [0.15, 0.2) is 28.7 Å². The monoisotopic (exact) mass is 206 g/mol. The number of hydrogen-bond donors (Lipinski definition) is 0. The molecule has 0 spiro atoms. The summed E-state index contributed by atoms with van der Waals surface area (Å²) in [5, 5.41) is 0. The van der Waals surface area contributed by atoms with E-state index in [1.54, 1.807) is 0 Å². The normalized spacial score (nSPS) is 30.7. The van der Waals surface area contributed by atoms with E-state index in [-0.39, 0.29) is 11.7 Å². The highest BCUT2D eigenvalue weighted by atomic mass is 16.5. The van der Waals surface area contributed by atoms with Gasteiger partial charge in [0.2, 0.25) is 0 Å². The molecule has 0 aliphatic carbocycles. The van der Waals surface area contributed by atoms with Crippen LogP contribution < -0.4 is 0 Å². The topological polar surface area (TPSA) is 22.4 Å². The van der Waals surface area contributed by atoms with Crippen molar-refractivity contribution >= 4 is 0 Å². The number of furan rings is 1. The average molecular weight is 206 g/mol. The first-order chi connectivity index (χ1) is 7.01. The van der Waals surface area contributed by atoms with Crippen molar-refractivity contribution in [3.05, 3.63) is 35.8 Å². The summed E-state index contributed by atoms with van der Waals surface area (Å²) in [6.45, 7) is 10.0. The molecule has 1 aliphatic rings. The summed E-state index contributed by atoms with van der Waals surface area (Å²) in [6, 6.07) is 3.99. The quantitative estimate of drug-likeness (QED) is 0.690.